The van der Waals surface area contributed by atoms with Gasteiger partial charge < -0.3 is 4.90 Å². The molecule has 0 saturated carbocycles. The molecule has 2 aliphatic rings. The molecule has 2 atom stereocenters. The van der Waals surface area contributed by atoms with Crippen molar-refractivity contribution in [2.75, 3.05) is 32.7 Å². The molecule has 2 fully saturated rings. The van der Waals surface area contributed by atoms with Crippen LogP contribution < -0.4 is 10.9 Å². The molecule has 2 unspecified atom stereocenters. The van der Waals surface area contributed by atoms with Crippen molar-refractivity contribution in [2.24, 2.45) is 5.92 Å². The van der Waals surface area contributed by atoms with E-state index in [2.05, 4.69) is 28.7 Å². The molecule has 1 aromatic rings. The van der Waals surface area contributed by atoms with Gasteiger partial charge in [0, 0.05) is 50.3 Å². The van der Waals surface area contributed by atoms with E-state index in [-0.39, 0.29) is 17.9 Å². The van der Waals surface area contributed by atoms with Gasteiger partial charge in [0.2, 0.25) is 5.91 Å². The molecule has 0 radical (unpaired) electrons. The van der Waals surface area contributed by atoms with Gasteiger partial charge >= 0.3 is 0 Å². The number of amides is 1. The lowest BCUT2D eigenvalue weighted by Crippen LogP contribution is -2.51. The predicted molar refractivity (Wildman–Crippen MR) is 92.0 cm³/mol. The van der Waals surface area contributed by atoms with Gasteiger partial charge in [-0.25, -0.2) is 0 Å². The summed E-state index contributed by atoms with van der Waals surface area (Å²) in [6, 6.07) is 8.26. The van der Waals surface area contributed by atoms with Crippen LogP contribution in [-0.4, -0.2) is 54.5 Å². The molecule has 3 rings (SSSR count). The number of nitrogens with zero attached hydrogens (tertiary/aromatic N) is 2. The van der Waals surface area contributed by atoms with Gasteiger partial charge in [0.05, 0.1) is 5.92 Å². The molecule has 2 N–H and O–H groups in total. The van der Waals surface area contributed by atoms with Crippen molar-refractivity contribution >= 4 is 17.5 Å². The molecule has 0 spiro atoms. The molecule has 2 saturated heterocycles. The van der Waals surface area contributed by atoms with Crippen LogP contribution in [-0.2, 0) is 11.3 Å². The maximum atomic E-state index is 12.7. The first-order valence-electron chi connectivity index (χ1n) is 8.41. The number of hydrogen-bond donors (Lipinski definition) is 2. The quantitative estimate of drug-likeness (QED) is 0.874. The average Bonchev–Trinajstić information content (AvgIpc) is 3.03. The van der Waals surface area contributed by atoms with Crippen LogP contribution in [0.15, 0.2) is 24.3 Å². The van der Waals surface area contributed by atoms with Crippen molar-refractivity contribution in [1.82, 2.24) is 20.7 Å². The smallest absolute Gasteiger partial charge is 0.228 e. The molecule has 0 aliphatic carbocycles. The highest BCUT2D eigenvalue weighted by molar-refractivity contribution is 6.30. The van der Waals surface area contributed by atoms with E-state index >= 15 is 0 Å². The lowest BCUT2D eigenvalue weighted by molar-refractivity contribution is -0.137. The van der Waals surface area contributed by atoms with Crippen molar-refractivity contribution in [1.29, 1.82) is 0 Å². The first-order valence-corrected chi connectivity index (χ1v) is 8.79. The fourth-order valence-corrected chi connectivity index (χ4v) is 3.66. The number of hydrazine groups is 1. The Kier molecular flexibility index (Phi) is 5.54. The van der Waals surface area contributed by atoms with Crippen LogP contribution in [0, 0.1) is 5.92 Å². The number of carbonyl (C=O) groups excluding carboxylic acids is 1. The normalized spacial score (nSPS) is 25.7. The van der Waals surface area contributed by atoms with E-state index in [1.807, 2.05) is 23.1 Å². The summed E-state index contributed by atoms with van der Waals surface area (Å²) in [7, 11) is 0. The largest absolute Gasteiger partial charge is 0.340 e. The van der Waals surface area contributed by atoms with Crippen molar-refractivity contribution in [3.63, 3.8) is 0 Å². The zero-order chi connectivity index (χ0) is 16.2. The molecule has 23 heavy (non-hydrogen) atoms. The summed E-state index contributed by atoms with van der Waals surface area (Å²) in [5, 5.41) is 0.781. The van der Waals surface area contributed by atoms with Crippen LogP contribution >= 0.6 is 11.6 Å². The summed E-state index contributed by atoms with van der Waals surface area (Å²) in [6.07, 6.45) is 0.970. The Bertz CT molecular complexity index is 545. The lowest BCUT2D eigenvalue weighted by atomic mass is 9.98. The number of benzene rings is 1. The van der Waals surface area contributed by atoms with Gasteiger partial charge in [0.15, 0.2) is 0 Å². The number of halogens is 1. The fraction of sp³-hybridized carbons (Fsp3) is 0.588. The summed E-state index contributed by atoms with van der Waals surface area (Å²) in [5.74, 6) is 0.358. The van der Waals surface area contributed by atoms with Crippen LogP contribution in [0.25, 0.3) is 0 Å². The van der Waals surface area contributed by atoms with Gasteiger partial charge in [-0.3, -0.25) is 20.5 Å². The van der Waals surface area contributed by atoms with E-state index < -0.39 is 0 Å². The van der Waals surface area contributed by atoms with Crippen LogP contribution in [0.5, 0.6) is 0 Å². The lowest BCUT2D eigenvalue weighted by Gasteiger charge is -2.36. The molecule has 0 aromatic heterocycles. The molecule has 126 valence electrons. The molecule has 1 aromatic carbocycles. The van der Waals surface area contributed by atoms with Crippen molar-refractivity contribution in [3.8, 4) is 0 Å². The minimum absolute atomic E-state index is 0.0690. The topological polar surface area (TPSA) is 47.6 Å². The minimum Gasteiger partial charge on any atom is -0.340 e. The standard InChI is InChI=1S/C17H25ClN4O/c1-2-16-15(11-19-20-16)17(23)22-8-6-21(7-9-22)12-13-4-3-5-14(18)10-13/h3-5,10,15-16,19-20H,2,6-9,11-12H2,1H3. The van der Waals surface area contributed by atoms with Crippen LogP contribution in [0.3, 0.4) is 0 Å². The number of carbonyl (C=O) groups is 1. The number of nitrogens with one attached hydrogen (secondary N) is 2. The van der Waals surface area contributed by atoms with Crippen molar-refractivity contribution < 1.29 is 4.79 Å². The first kappa shape index (κ1) is 16.7. The summed E-state index contributed by atoms with van der Waals surface area (Å²) in [4.78, 5) is 17.1. The predicted octanol–water partition coefficient (Wildman–Crippen LogP) is 1.49. The van der Waals surface area contributed by atoms with Crippen molar-refractivity contribution in [2.45, 2.75) is 25.9 Å². The van der Waals surface area contributed by atoms with E-state index in [9.17, 15) is 4.79 Å². The average molecular weight is 337 g/mol. The third-order valence-corrected chi connectivity index (χ3v) is 5.07. The highest BCUT2D eigenvalue weighted by Crippen LogP contribution is 2.17. The van der Waals surface area contributed by atoms with Crippen LogP contribution in [0.4, 0.5) is 0 Å². The van der Waals surface area contributed by atoms with Gasteiger partial charge in [-0.1, -0.05) is 30.7 Å². The Morgan fingerprint density at radius 2 is 2.09 bits per heavy atom. The fourth-order valence-electron chi connectivity index (χ4n) is 3.44. The molecular formula is C17H25ClN4O. The van der Waals surface area contributed by atoms with Crippen LogP contribution in [0.2, 0.25) is 5.02 Å². The zero-order valence-corrected chi connectivity index (χ0v) is 14.4. The third-order valence-electron chi connectivity index (χ3n) is 4.83. The molecule has 6 heteroatoms. The van der Waals surface area contributed by atoms with E-state index in [4.69, 9.17) is 11.6 Å². The summed E-state index contributed by atoms with van der Waals surface area (Å²) < 4.78 is 0. The Morgan fingerprint density at radius 1 is 1.30 bits per heavy atom. The van der Waals surface area contributed by atoms with Gasteiger partial charge in [-0.05, 0) is 24.1 Å². The van der Waals surface area contributed by atoms with Crippen LogP contribution in [0.1, 0.15) is 18.9 Å². The molecule has 2 aliphatic heterocycles. The summed E-state index contributed by atoms with van der Waals surface area (Å²) >= 11 is 6.04. The highest BCUT2D eigenvalue weighted by atomic mass is 35.5. The highest BCUT2D eigenvalue weighted by Gasteiger charge is 2.35. The molecule has 1 amide bonds. The molecular weight excluding hydrogens is 312 g/mol. The van der Waals surface area contributed by atoms with Gasteiger partial charge in [-0.2, -0.15) is 0 Å². The Balaban J connectivity index is 1.51. The first-order chi connectivity index (χ1) is 11.2. The second kappa shape index (κ2) is 7.62. The maximum Gasteiger partial charge on any atom is 0.228 e. The van der Waals surface area contributed by atoms with Gasteiger partial charge in [0.1, 0.15) is 0 Å². The summed E-state index contributed by atoms with van der Waals surface area (Å²) in [6.45, 7) is 7.21. The molecule has 5 nitrogen and oxygen atoms in total. The van der Waals surface area contributed by atoms with Crippen molar-refractivity contribution in [3.05, 3.63) is 34.9 Å². The van der Waals surface area contributed by atoms with E-state index in [1.165, 1.54) is 5.56 Å². The summed E-state index contributed by atoms with van der Waals surface area (Å²) in [5.41, 5.74) is 7.55. The number of hydrogen-bond acceptors (Lipinski definition) is 4. The Hall–Kier alpha value is -1.14. The Labute approximate surface area is 142 Å². The van der Waals surface area contributed by atoms with Gasteiger partial charge in [-0.15, -0.1) is 0 Å². The van der Waals surface area contributed by atoms with E-state index in [0.717, 1.165) is 50.7 Å². The zero-order valence-electron chi connectivity index (χ0n) is 13.6. The maximum absolute atomic E-state index is 12.7. The second-order valence-corrected chi connectivity index (χ2v) is 6.81. The second-order valence-electron chi connectivity index (χ2n) is 6.38. The third kappa shape index (κ3) is 4.04. The van der Waals surface area contributed by atoms with Gasteiger partial charge in [0.25, 0.3) is 0 Å². The SMILES string of the molecule is CCC1NNCC1C(=O)N1CCN(Cc2cccc(Cl)c2)CC1. The van der Waals surface area contributed by atoms with E-state index in [1.54, 1.807) is 0 Å². The molecule has 2 heterocycles. The number of rotatable bonds is 4. The van der Waals surface area contributed by atoms with E-state index in [0.29, 0.717) is 0 Å². The number of piperazine rings is 1. The monoisotopic (exact) mass is 336 g/mol. The Morgan fingerprint density at radius 3 is 2.78 bits per heavy atom. The molecule has 0 bridgehead atoms. The minimum atomic E-state index is 0.0690.